The molecule has 1 aromatic rings. The normalized spacial score (nSPS) is 22.7. The van der Waals surface area contributed by atoms with E-state index in [0.717, 1.165) is 44.8 Å². The lowest BCUT2D eigenvalue weighted by molar-refractivity contribution is -0.123. The van der Waals surface area contributed by atoms with Crippen LogP contribution in [0.2, 0.25) is 5.02 Å². The van der Waals surface area contributed by atoms with E-state index in [2.05, 4.69) is 38.9 Å². The molecule has 1 aromatic heterocycles. The zero-order chi connectivity index (χ0) is 19.4. The number of piperidine rings is 1. The Morgan fingerprint density at radius 2 is 2.11 bits per heavy atom. The molecule has 1 unspecified atom stereocenters. The Morgan fingerprint density at radius 1 is 1.37 bits per heavy atom. The second kappa shape index (κ2) is 9.06. The number of ether oxygens (including phenoxy) is 1. The number of halogens is 1. The summed E-state index contributed by atoms with van der Waals surface area (Å²) in [5.41, 5.74) is 0. The first-order chi connectivity index (χ1) is 13.0. The van der Waals surface area contributed by atoms with Crippen molar-refractivity contribution in [2.24, 2.45) is 11.8 Å². The topological polar surface area (TPSA) is 70.6 Å². The van der Waals surface area contributed by atoms with Crippen molar-refractivity contribution >= 4 is 23.3 Å². The molecule has 0 aromatic carbocycles. The van der Waals surface area contributed by atoms with E-state index in [4.69, 9.17) is 16.3 Å². The van der Waals surface area contributed by atoms with E-state index in [1.165, 1.54) is 6.42 Å². The number of aromatic nitrogens is 2. The molecule has 2 aliphatic heterocycles. The van der Waals surface area contributed by atoms with Crippen molar-refractivity contribution in [2.75, 3.05) is 44.7 Å². The van der Waals surface area contributed by atoms with Gasteiger partial charge in [-0.1, -0.05) is 18.5 Å². The fraction of sp³-hybridized carbons (Fsp3) is 0.737. The van der Waals surface area contributed by atoms with Crippen LogP contribution < -0.4 is 15.0 Å². The third kappa shape index (κ3) is 5.23. The Labute approximate surface area is 166 Å². The molecular formula is C19H30ClN5O2. The van der Waals surface area contributed by atoms with Crippen molar-refractivity contribution in [3.05, 3.63) is 11.2 Å². The van der Waals surface area contributed by atoms with Gasteiger partial charge in [-0.05, 0) is 44.6 Å². The second-order valence-electron chi connectivity index (χ2n) is 7.84. The molecule has 3 heterocycles. The second-order valence-corrected chi connectivity index (χ2v) is 8.25. The van der Waals surface area contributed by atoms with Crippen molar-refractivity contribution in [3.63, 3.8) is 0 Å². The van der Waals surface area contributed by atoms with Crippen LogP contribution in [-0.4, -0.2) is 66.7 Å². The lowest BCUT2D eigenvalue weighted by atomic mass is 9.90. The summed E-state index contributed by atoms with van der Waals surface area (Å²) >= 11 is 6.26. The Kier molecular flexibility index (Phi) is 6.76. The average molecular weight is 396 g/mol. The number of nitrogens with zero attached hydrogens (tertiary/aromatic N) is 4. The first-order valence-corrected chi connectivity index (χ1v) is 10.2. The molecule has 1 amide bonds. The van der Waals surface area contributed by atoms with E-state index in [9.17, 15) is 4.79 Å². The molecule has 1 N–H and O–H groups in total. The Hall–Kier alpha value is -1.60. The highest BCUT2D eigenvalue weighted by Gasteiger charge is 2.28. The minimum atomic E-state index is 0.141. The first kappa shape index (κ1) is 20.1. The molecule has 2 fully saturated rings. The standard InChI is InChI=1S/C19H30ClN5O2/c1-13-4-7-24(11-13)12-17(26)22-14(2)15-5-8-25(9-6-15)18-16(20)10-21-19(23-18)27-3/h10,13-15H,4-9,11-12H2,1-3H3,(H,22,26)/t13?,14-/m1/s1. The number of hydrogen-bond acceptors (Lipinski definition) is 6. The number of amides is 1. The lowest BCUT2D eigenvalue weighted by Crippen LogP contribution is -2.46. The molecule has 0 aliphatic carbocycles. The summed E-state index contributed by atoms with van der Waals surface area (Å²) in [4.78, 5) is 25.2. The number of carbonyl (C=O) groups excluding carboxylic acids is 1. The molecule has 8 heteroatoms. The SMILES string of the molecule is COc1ncc(Cl)c(N2CCC([C@@H](C)NC(=O)CN3CCC(C)C3)CC2)n1. The zero-order valence-corrected chi connectivity index (χ0v) is 17.2. The Bertz CT molecular complexity index is 651. The van der Waals surface area contributed by atoms with E-state index >= 15 is 0 Å². The highest BCUT2D eigenvalue weighted by molar-refractivity contribution is 6.32. The van der Waals surface area contributed by atoms with Crippen LogP contribution >= 0.6 is 11.6 Å². The van der Waals surface area contributed by atoms with Gasteiger partial charge in [-0.2, -0.15) is 4.98 Å². The van der Waals surface area contributed by atoms with Crippen LogP contribution in [0.5, 0.6) is 6.01 Å². The summed E-state index contributed by atoms with van der Waals surface area (Å²) in [6, 6.07) is 0.503. The fourth-order valence-corrected chi connectivity index (χ4v) is 4.27. The predicted octanol–water partition coefficient (Wildman–Crippen LogP) is 2.20. The highest BCUT2D eigenvalue weighted by Crippen LogP contribution is 2.29. The van der Waals surface area contributed by atoms with Crippen LogP contribution in [0.3, 0.4) is 0 Å². The van der Waals surface area contributed by atoms with E-state index < -0.39 is 0 Å². The van der Waals surface area contributed by atoms with Crippen LogP contribution in [0.1, 0.15) is 33.1 Å². The number of hydrogen-bond donors (Lipinski definition) is 1. The Morgan fingerprint density at radius 3 is 2.74 bits per heavy atom. The van der Waals surface area contributed by atoms with Crippen LogP contribution in [0.25, 0.3) is 0 Å². The van der Waals surface area contributed by atoms with Gasteiger partial charge in [-0.3, -0.25) is 9.69 Å². The predicted molar refractivity (Wildman–Crippen MR) is 106 cm³/mol. The van der Waals surface area contributed by atoms with Gasteiger partial charge in [0, 0.05) is 25.7 Å². The van der Waals surface area contributed by atoms with E-state index in [1.807, 2.05) is 0 Å². The summed E-state index contributed by atoms with van der Waals surface area (Å²) in [7, 11) is 1.55. The fourth-order valence-electron chi connectivity index (χ4n) is 4.06. The van der Waals surface area contributed by atoms with Crippen LogP contribution in [-0.2, 0) is 4.79 Å². The molecule has 3 rings (SSSR count). The van der Waals surface area contributed by atoms with Crippen LogP contribution in [0.4, 0.5) is 5.82 Å². The minimum absolute atomic E-state index is 0.141. The van der Waals surface area contributed by atoms with Gasteiger partial charge in [0.2, 0.25) is 5.91 Å². The Balaban J connectivity index is 1.47. The molecular weight excluding hydrogens is 366 g/mol. The molecule has 2 aliphatic rings. The maximum Gasteiger partial charge on any atom is 0.318 e. The molecule has 0 bridgehead atoms. The van der Waals surface area contributed by atoms with Crippen LogP contribution in [0, 0.1) is 11.8 Å². The minimum Gasteiger partial charge on any atom is -0.467 e. The largest absolute Gasteiger partial charge is 0.467 e. The maximum atomic E-state index is 12.3. The van der Waals surface area contributed by atoms with E-state index in [1.54, 1.807) is 13.3 Å². The molecule has 0 saturated carbocycles. The molecule has 27 heavy (non-hydrogen) atoms. The van der Waals surface area contributed by atoms with E-state index in [0.29, 0.717) is 29.4 Å². The van der Waals surface area contributed by atoms with Gasteiger partial charge in [0.15, 0.2) is 5.82 Å². The third-order valence-electron chi connectivity index (χ3n) is 5.70. The number of methoxy groups -OCH3 is 1. The smallest absolute Gasteiger partial charge is 0.318 e. The molecule has 2 atom stereocenters. The summed E-state index contributed by atoms with van der Waals surface area (Å²) in [5, 5.41) is 3.74. The van der Waals surface area contributed by atoms with Gasteiger partial charge in [-0.15, -0.1) is 0 Å². The van der Waals surface area contributed by atoms with Gasteiger partial charge in [0.1, 0.15) is 5.02 Å². The lowest BCUT2D eigenvalue weighted by Gasteiger charge is -2.36. The van der Waals surface area contributed by atoms with Gasteiger partial charge in [-0.25, -0.2) is 4.98 Å². The van der Waals surface area contributed by atoms with E-state index in [-0.39, 0.29) is 11.9 Å². The number of likely N-dealkylation sites (tertiary alicyclic amines) is 1. The van der Waals surface area contributed by atoms with Gasteiger partial charge >= 0.3 is 6.01 Å². The summed E-state index contributed by atoms with van der Waals surface area (Å²) in [6.07, 6.45) is 4.75. The van der Waals surface area contributed by atoms with Gasteiger partial charge in [0.05, 0.1) is 19.9 Å². The molecule has 0 radical (unpaired) electrons. The summed E-state index contributed by atoms with van der Waals surface area (Å²) in [6.45, 7) is 8.65. The van der Waals surface area contributed by atoms with Crippen molar-refractivity contribution in [1.82, 2.24) is 20.2 Å². The molecule has 2 saturated heterocycles. The molecule has 7 nitrogen and oxygen atoms in total. The monoisotopic (exact) mass is 395 g/mol. The van der Waals surface area contributed by atoms with Crippen molar-refractivity contribution < 1.29 is 9.53 Å². The number of nitrogens with one attached hydrogen (secondary N) is 1. The average Bonchev–Trinajstić information content (AvgIpc) is 3.06. The molecule has 150 valence electrons. The third-order valence-corrected chi connectivity index (χ3v) is 5.96. The highest BCUT2D eigenvalue weighted by atomic mass is 35.5. The number of anilines is 1. The van der Waals surface area contributed by atoms with Crippen molar-refractivity contribution in [3.8, 4) is 6.01 Å². The van der Waals surface area contributed by atoms with Gasteiger partial charge < -0.3 is 15.0 Å². The zero-order valence-electron chi connectivity index (χ0n) is 16.4. The maximum absolute atomic E-state index is 12.3. The number of carbonyl (C=O) groups is 1. The van der Waals surface area contributed by atoms with Crippen molar-refractivity contribution in [1.29, 1.82) is 0 Å². The van der Waals surface area contributed by atoms with Crippen LogP contribution in [0.15, 0.2) is 6.20 Å². The number of rotatable bonds is 6. The molecule has 0 spiro atoms. The summed E-state index contributed by atoms with van der Waals surface area (Å²) < 4.78 is 5.11. The quantitative estimate of drug-likeness (QED) is 0.796. The first-order valence-electron chi connectivity index (χ1n) is 9.79. The summed E-state index contributed by atoms with van der Waals surface area (Å²) in [5.74, 6) is 2.03. The van der Waals surface area contributed by atoms with Crippen molar-refractivity contribution in [2.45, 2.75) is 39.2 Å². The van der Waals surface area contributed by atoms with Gasteiger partial charge in [0.25, 0.3) is 0 Å².